The van der Waals surface area contributed by atoms with Crippen molar-refractivity contribution >= 4 is 39.3 Å². The fourth-order valence-electron chi connectivity index (χ4n) is 2.71. The maximum Gasteiger partial charge on any atom is 0.270 e. The molecule has 8 heteroatoms. The Morgan fingerprint density at radius 3 is 2.84 bits per heavy atom. The molecule has 25 heavy (non-hydrogen) atoms. The second kappa shape index (κ2) is 7.45. The number of ether oxygens (including phenoxy) is 1. The summed E-state index contributed by atoms with van der Waals surface area (Å²) in [5.74, 6) is 1.34. The zero-order chi connectivity index (χ0) is 18.0. The van der Waals surface area contributed by atoms with Crippen LogP contribution in [0.5, 0.6) is 5.75 Å². The number of nitro groups is 1. The highest BCUT2D eigenvalue weighted by atomic mass is 79.9. The van der Waals surface area contributed by atoms with Crippen molar-refractivity contribution in [1.29, 1.82) is 0 Å². The maximum absolute atomic E-state index is 12.9. The van der Waals surface area contributed by atoms with Gasteiger partial charge in [0, 0.05) is 30.0 Å². The Balaban J connectivity index is 1.88. The first-order chi connectivity index (χ1) is 12.0. The molecule has 0 spiro atoms. The number of hydrogen-bond acceptors (Lipinski definition) is 5. The highest BCUT2D eigenvalue weighted by Crippen LogP contribution is 2.41. The molecule has 1 aliphatic heterocycles. The normalized spacial score (nSPS) is 16.7. The monoisotopic (exact) mass is 422 g/mol. The van der Waals surface area contributed by atoms with Crippen LogP contribution in [0, 0.1) is 10.1 Å². The van der Waals surface area contributed by atoms with E-state index in [4.69, 9.17) is 4.74 Å². The number of amides is 1. The van der Waals surface area contributed by atoms with Crippen molar-refractivity contribution in [2.75, 3.05) is 19.4 Å². The van der Waals surface area contributed by atoms with Gasteiger partial charge in [-0.2, -0.15) is 0 Å². The molecule has 2 aromatic carbocycles. The summed E-state index contributed by atoms with van der Waals surface area (Å²) in [6, 6.07) is 11.6. The van der Waals surface area contributed by atoms with E-state index in [1.165, 1.54) is 18.2 Å². The zero-order valence-corrected chi connectivity index (χ0v) is 15.7. The smallest absolute Gasteiger partial charge is 0.270 e. The SMILES string of the molecule is COc1ccc([C@H]2SCCN2C(=O)c2cccc([N+](=O)[O-])c2)cc1Br. The minimum atomic E-state index is -0.492. The summed E-state index contributed by atoms with van der Waals surface area (Å²) in [5, 5.41) is 10.8. The lowest BCUT2D eigenvalue weighted by atomic mass is 10.1. The number of non-ortho nitro benzene ring substituents is 1. The molecule has 0 aromatic heterocycles. The van der Waals surface area contributed by atoms with E-state index < -0.39 is 4.92 Å². The van der Waals surface area contributed by atoms with Gasteiger partial charge in [-0.3, -0.25) is 14.9 Å². The van der Waals surface area contributed by atoms with Gasteiger partial charge in [-0.05, 0) is 39.7 Å². The average molecular weight is 423 g/mol. The molecule has 0 unspecified atom stereocenters. The van der Waals surface area contributed by atoms with Crippen molar-refractivity contribution in [3.05, 3.63) is 68.2 Å². The number of carbonyl (C=O) groups is 1. The Morgan fingerprint density at radius 1 is 1.36 bits per heavy atom. The van der Waals surface area contributed by atoms with Crippen molar-refractivity contribution in [1.82, 2.24) is 4.90 Å². The Kier molecular flexibility index (Phi) is 5.29. The summed E-state index contributed by atoms with van der Waals surface area (Å²) in [6.45, 7) is 0.598. The fraction of sp³-hybridized carbons (Fsp3) is 0.235. The summed E-state index contributed by atoms with van der Waals surface area (Å²) >= 11 is 5.14. The molecule has 6 nitrogen and oxygen atoms in total. The molecule has 1 amide bonds. The molecule has 130 valence electrons. The van der Waals surface area contributed by atoms with Gasteiger partial charge in [0.2, 0.25) is 0 Å². The number of nitro benzene ring substituents is 1. The Hall–Kier alpha value is -2.06. The number of halogens is 1. The number of methoxy groups -OCH3 is 1. The first-order valence-corrected chi connectivity index (χ1v) is 9.36. The van der Waals surface area contributed by atoms with Crippen LogP contribution in [0.1, 0.15) is 21.3 Å². The van der Waals surface area contributed by atoms with Crippen LogP contribution in [0.2, 0.25) is 0 Å². The Bertz CT molecular complexity index is 830. The standard InChI is InChI=1S/C17H15BrN2O4S/c1-24-15-6-5-12(10-14(15)18)17-19(7-8-25-17)16(21)11-3-2-4-13(9-11)20(22)23/h2-6,9-10,17H,7-8H2,1H3/t17-/m1/s1. The van der Waals surface area contributed by atoms with Crippen LogP contribution in [-0.4, -0.2) is 35.1 Å². The summed E-state index contributed by atoms with van der Waals surface area (Å²) in [5.41, 5.74) is 1.23. The van der Waals surface area contributed by atoms with Gasteiger partial charge in [-0.25, -0.2) is 0 Å². The molecular weight excluding hydrogens is 408 g/mol. The van der Waals surface area contributed by atoms with Gasteiger partial charge in [-0.1, -0.05) is 12.1 Å². The van der Waals surface area contributed by atoms with Gasteiger partial charge < -0.3 is 9.64 Å². The van der Waals surface area contributed by atoms with Gasteiger partial charge in [0.15, 0.2) is 0 Å². The minimum absolute atomic E-state index is 0.0820. The first kappa shape index (κ1) is 17.8. The highest BCUT2D eigenvalue weighted by molar-refractivity contribution is 9.10. The topological polar surface area (TPSA) is 72.7 Å². The van der Waals surface area contributed by atoms with Crippen molar-refractivity contribution < 1.29 is 14.5 Å². The largest absolute Gasteiger partial charge is 0.496 e. The van der Waals surface area contributed by atoms with Crippen LogP contribution in [0.15, 0.2) is 46.9 Å². The van der Waals surface area contributed by atoms with E-state index in [-0.39, 0.29) is 17.0 Å². The lowest BCUT2D eigenvalue weighted by Crippen LogP contribution is -2.30. The van der Waals surface area contributed by atoms with E-state index in [1.807, 2.05) is 18.2 Å². The van der Waals surface area contributed by atoms with Crippen LogP contribution in [0.3, 0.4) is 0 Å². The number of carbonyl (C=O) groups excluding carboxylic acids is 1. The first-order valence-electron chi connectivity index (χ1n) is 7.51. The van der Waals surface area contributed by atoms with Crippen molar-refractivity contribution in [3.63, 3.8) is 0 Å². The van der Waals surface area contributed by atoms with Crippen molar-refractivity contribution in [3.8, 4) is 5.75 Å². The summed E-state index contributed by atoms with van der Waals surface area (Å²) < 4.78 is 6.07. The molecule has 0 saturated carbocycles. The van der Waals surface area contributed by atoms with Crippen LogP contribution in [0.4, 0.5) is 5.69 Å². The van der Waals surface area contributed by atoms with Gasteiger partial charge in [0.25, 0.3) is 11.6 Å². The third-order valence-electron chi connectivity index (χ3n) is 3.92. The molecule has 1 fully saturated rings. The van der Waals surface area contributed by atoms with Crippen LogP contribution in [0.25, 0.3) is 0 Å². The number of rotatable bonds is 4. The third-order valence-corrected chi connectivity index (χ3v) is 5.80. The minimum Gasteiger partial charge on any atom is -0.496 e. The Labute approximate surface area is 157 Å². The molecule has 3 rings (SSSR count). The zero-order valence-electron chi connectivity index (χ0n) is 13.3. The molecule has 2 aromatic rings. The third kappa shape index (κ3) is 3.64. The van der Waals surface area contributed by atoms with E-state index in [9.17, 15) is 14.9 Å². The molecule has 1 aliphatic rings. The molecule has 0 aliphatic carbocycles. The van der Waals surface area contributed by atoms with Crippen LogP contribution < -0.4 is 4.74 Å². The highest BCUT2D eigenvalue weighted by Gasteiger charge is 2.32. The average Bonchev–Trinajstić information content (AvgIpc) is 3.10. The summed E-state index contributed by atoms with van der Waals surface area (Å²) in [7, 11) is 1.60. The Morgan fingerprint density at radius 2 is 2.16 bits per heavy atom. The lowest BCUT2D eigenvalue weighted by Gasteiger charge is -2.24. The predicted octanol–water partition coefficient (Wildman–Crippen LogP) is 4.25. The fourth-order valence-corrected chi connectivity index (χ4v) is 4.51. The number of thioether (sulfide) groups is 1. The van der Waals surface area contributed by atoms with Crippen LogP contribution in [-0.2, 0) is 0 Å². The van der Waals surface area contributed by atoms with E-state index in [0.29, 0.717) is 12.1 Å². The van der Waals surface area contributed by atoms with E-state index in [0.717, 1.165) is 21.5 Å². The maximum atomic E-state index is 12.9. The van der Waals surface area contributed by atoms with Gasteiger partial charge >= 0.3 is 0 Å². The lowest BCUT2D eigenvalue weighted by molar-refractivity contribution is -0.384. The number of hydrogen-bond donors (Lipinski definition) is 0. The summed E-state index contributed by atoms with van der Waals surface area (Å²) in [6.07, 6.45) is 0. The van der Waals surface area contributed by atoms with E-state index >= 15 is 0 Å². The summed E-state index contributed by atoms with van der Waals surface area (Å²) in [4.78, 5) is 25.1. The second-order valence-corrected chi connectivity index (χ2v) is 7.47. The molecule has 1 heterocycles. The molecule has 1 atom stereocenters. The van der Waals surface area contributed by atoms with Gasteiger partial charge in [-0.15, -0.1) is 11.8 Å². The van der Waals surface area contributed by atoms with E-state index in [1.54, 1.807) is 29.8 Å². The van der Waals surface area contributed by atoms with Crippen molar-refractivity contribution in [2.45, 2.75) is 5.37 Å². The van der Waals surface area contributed by atoms with Crippen LogP contribution >= 0.6 is 27.7 Å². The molecule has 0 N–H and O–H groups in total. The predicted molar refractivity (Wildman–Crippen MR) is 100 cm³/mol. The number of nitrogens with zero attached hydrogens (tertiary/aromatic N) is 2. The van der Waals surface area contributed by atoms with Gasteiger partial charge in [0.05, 0.1) is 16.5 Å². The van der Waals surface area contributed by atoms with E-state index in [2.05, 4.69) is 15.9 Å². The molecular formula is C17H15BrN2O4S. The molecule has 0 bridgehead atoms. The van der Waals surface area contributed by atoms with Gasteiger partial charge in [0.1, 0.15) is 11.1 Å². The van der Waals surface area contributed by atoms with Crippen molar-refractivity contribution in [2.24, 2.45) is 0 Å². The quantitative estimate of drug-likeness (QED) is 0.543. The molecule has 1 saturated heterocycles. The molecule has 0 radical (unpaired) electrons. The number of benzene rings is 2. The second-order valence-electron chi connectivity index (χ2n) is 5.42.